The Bertz CT molecular complexity index is 492. The summed E-state index contributed by atoms with van der Waals surface area (Å²) in [4.78, 5) is 26.6. The molecule has 1 aliphatic rings. The number of carbonyl (C=O) groups is 2. The fraction of sp³-hybridized carbons (Fsp3) is 0.417. The molecule has 1 saturated heterocycles. The van der Waals surface area contributed by atoms with Crippen LogP contribution in [-0.2, 0) is 16.1 Å². The van der Waals surface area contributed by atoms with Gasteiger partial charge in [-0.3, -0.25) is 9.78 Å². The number of nitrogens with one attached hydrogen (secondary N) is 1. The first kappa shape index (κ1) is 13.4. The van der Waals surface area contributed by atoms with Gasteiger partial charge in [0.15, 0.2) is 0 Å². The van der Waals surface area contributed by atoms with Gasteiger partial charge in [0.1, 0.15) is 0 Å². The number of aromatic nitrogens is 1. The molecule has 0 spiro atoms. The molecule has 1 aromatic rings. The molecular weight excluding hydrogens is 250 g/mol. The van der Waals surface area contributed by atoms with E-state index in [1.54, 1.807) is 0 Å². The van der Waals surface area contributed by atoms with E-state index in [1.807, 2.05) is 0 Å². The van der Waals surface area contributed by atoms with E-state index in [2.05, 4.69) is 10.3 Å². The number of pyridine rings is 1. The summed E-state index contributed by atoms with van der Waals surface area (Å²) in [6.45, 7) is 0.865. The second-order valence-corrected chi connectivity index (χ2v) is 4.37. The fourth-order valence-corrected chi connectivity index (χ4v) is 1.86. The Kier molecular flexibility index (Phi) is 4.08. The highest BCUT2D eigenvalue weighted by atomic mass is 16.5. The summed E-state index contributed by atoms with van der Waals surface area (Å²) >= 11 is 0. The van der Waals surface area contributed by atoms with E-state index in [4.69, 9.17) is 15.6 Å². The van der Waals surface area contributed by atoms with Crippen molar-refractivity contribution in [3.63, 3.8) is 0 Å². The Morgan fingerprint density at radius 2 is 2.32 bits per heavy atom. The van der Waals surface area contributed by atoms with Crippen LogP contribution in [0.2, 0.25) is 0 Å². The number of amides is 1. The lowest BCUT2D eigenvalue weighted by molar-refractivity contribution is -0.125. The number of carbonyl (C=O) groups excluding carboxylic acids is 1. The third kappa shape index (κ3) is 3.27. The Morgan fingerprint density at radius 1 is 1.53 bits per heavy atom. The quantitative estimate of drug-likeness (QED) is 0.667. The number of aromatic carboxylic acids is 1. The maximum atomic E-state index is 11.8. The van der Waals surface area contributed by atoms with E-state index in [0.717, 1.165) is 0 Å². The Balaban J connectivity index is 1.93. The summed E-state index contributed by atoms with van der Waals surface area (Å²) in [5, 5.41) is 11.5. The van der Waals surface area contributed by atoms with Gasteiger partial charge in [0.25, 0.3) is 0 Å². The maximum absolute atomic E-state index is 11.8. The highest BCUT2D eigenvalue weighted by Gasteiger charge is 2.31. The Morgan fingerprint density at radius 3 is 2.95 bits per heavy atom. The van der Waals surface area contributed by atoms with E-state index in [0.29, 0.717) is 18.9 Å². The highest BCUT2D eigenvalue weighted by Crippen LogP contribution is 2.11. The topological polar surface area (TPSA) is 115 Å². The van der Waals surface area contributed by atoms with Crippen LogP contribution in [0.3, 0.4) is 0 Å². The number of nitrogens with two attached hydrogens (primary N) is 1. The molecule has 1 aromatic heterocycles. The van der Waals surface area contributed by atoms with E-state index in [-0.39, 0.29) is 30.0 Å². The zero-order valence-electron chi connectivity index (χ0n) is 10.2. The third-order valence-corrected chi connectivity index (χ3v) is 2.97. The predicted octanol–water partition coefficient (Wildman–Crippen LogP) is -0.630. The van der Waals surface area contributed by atoms with Gasteiger partial charge in [-0.1, -0.05) is 0 Å². The minimum absolute atomic E-state index is 0.139. The molecule has 2 heterocycles. The molecule has 19 heavy (non-hydrogen) atoms. The lowest BCUT2D eigenvalue weighted by Gasteiger charge is -2.13. The van der Waals surface area contributed by atoms with Gasteiger partial charge in [-0.15, -0.1) is 0 Å². The average molecular weight is 265 g/mol. The summed E-state index contributed by atoms with van der Waals surface area (Å²) in [6, 6.07) is 2.53. The van der Waals surface area contributed by atoms with Crippen LogP contribution in [-0.4, -0.2) is 41.2 Å². The van der Waals surface area contributed by atoms with Gasteiger partial charge in [-0.25, -0.2) is 4.79 Å². The molecule has 2 unspecified atom stereocenters. The first-order valence-electron chi connectivity index (χ1n) is 5.87. The number of nitrogens with zero attached hydrogens (tertiary/aromatic N) is 1. The van der Waals surface area contributed by atoms with Crippen LogP contribution in [0.1, 0.15) is 16.1 Å². The minimum atomic E-state index is -1.03. The summed E-state index contributed by atoms with van der Waals surface area (Å²) in [5.41, 5.74) is 6.36. The molecule has 0 bridgehead atoms. The highest BCUT2D eigenvalue weighted by molar-refractivity contribution is 5.87. The molecule has 0 radical (unpaired) electrons. The van der Waals surface area contributed by atoms with Crippen LogP contribution in [0.5, 0.6) is 0 Å². The second kappa shape index (κ2) is 5.77. The van der Waals surface area contributed by atoms with Gasteiger partial charge in [0.05, 0.1) is 36.9 Å². The van der Waals surface area contributed by atoms with Crippen molar-refractivity contribution in [3.8, 4) is 0 Å². The van der Waals surface area contributed by atoms with Crippen molar-refractivity contribution in [2.24, 2.45) is 11.7 Å². The van der Waals surface area contributed by atoms with Crippen molar-refractivity contribution >= 4 is 11.9 Å². The third-order valence-electron chi connectivity index (χ3n) is 2.97. The number of carboxylic acid groups (broad SMARTS) is 1. The van der Waals surface area contributed by atoms with Gasteiger partial charge in [0.2, 0.25) is 5.91 Å². The second-order valence-electron chi connectivity index (χ2n) is 4.37. The SMILES string of the molecule is NC1COCC1C(=O)NCc1cc(C(=O)O)ccn1. The number of hydrogen-bond donors (Lipinski definition) is 3. The summed E-state index contributed by atoms with van der Waals surface area (Å²) in [6.07, 6.45) is 1.40. The van der Waals surface area contributed by atoms with E-state index in [9.17, 15) is 9.59 Å². The van der Waals surface area contributed by atoms with Crippen molar-refractivity contribution in [2.45, 2.75) is 12.6 Å². The number of ether oxygens (including phenoxy) is 1. The number of carboxylic acids is 1. The lowest BCUT2D eigenvalue weighted by atomic mass is 10.0. The van der Waals surface area contributed by atoms with Crippen LogP contribution in [0.15, 0.2) is 18.3 Å². The minimum Gasteiger partial charge on any atom is -0.478 e. The zero-order valence-corrected chi connectivity index (χ0v) is 10.2. The molecule has 2 atom stereocenters. The molecular formula is C12H15N3O4. The monoisotopic (exact) mass is 265 g/mol. The maximum Gasteiger partial charge on any atom is 0.335 e. The summed E-state index contributed by atoms with van der Waals surface area (Å²) in [5.74, 6) is -1.59. The molecule has 7 heteroatoms. The largest absolute Gasteiger partial charge is 0.478 e. The Labute approximate surface area is 109 Å². The molecule has 1 amide bonds. The van der Waals surface area contributed by atoms with E-state index >= 15 is 0 Å². The molecule has 2 rings (SSSR count). The lowest BCUT2D eigenvalue weighted by Crippen LogP contribution is -2.40. The standard InChI is InChI=1S/C12H15N3O4/c13-10-6-19-5-9(10)11(16)15-4-8-3-7(12(17)18)1-2-14-8/h1-3,9-10H,4-6,13H2,(H,15,16)(H,17,18). The van der Waals surface area contributed by atoms with Crippen LogP contribution in [0.4, 0.5) is 0 Å². The van der Waals surface area contributed by atoms with Crippen molar-refractivity contribution in [3.05, 3.63) is 29.6 Å². The van der Waals surface area contributed by atoms with Crippen molar-refractivity contribution in [2.75, 3.05) is 13.2 Å². The van der Waals surface area contributed by atoms with Crippen LogP contribution < -0.4 is 11.1 Å². The van der Waals surface area contributed by atoms with Gasteiger partial charge in [-0.05, 0) is 12.1 Å². The first-order chi connectivity index (χ1) is 9.08. The normalized spacial score (nSPS) is 22.2. The molecule has 1 fully saturated rings. The predicted molar refractivity (Wildman–Crippen MR) is 65.3 cm³/mol. The van der Waals surface area contributed by atoms with Crippen molar-refractivity contribution in [1.29, 1.82) is 0 Å². The molecule has 102 valence electrons. The van der Waals surface area contributed by atoms with Crippen LogP contribution in [0, 0.1) is 5.92 Å². The first-order valence-corrected chi connectivity index (χ1v) is 5.87. The Hall–Kier alpha value is -1.99. The zero-order chi connectivity index (χ0) is 13.8. The van der Waals surface area contributed by atoms with Gasteiger partial charge in [0, 0.05) is 12.2 Å². The summed E-state index contributed by atoms with van der Waals surface area (Å²) in [7, 11) is 0. The smallest absolute Gasteiger partial charge is 0.335 e. The molecule has 0 saturated carbocycles. The van der Waals surface area contributed by atoms with Gasteiger partial charge < -0.3 is 20.9 Å². The van der Waals surface area contributed by atoms with Gasteiger partial charge in [-0.2, -0.15) is 0 Å². The fourth-order valence-electron chi connectivity index (χ4n) is 1.86. The number of rotatable bonds is 4. The van der Waals surface area contributed by atoms with Crippen molar-refractivity contribution < 1.29 is 19.4 Å². The van der Waals surface area contributed by atoms with E-state index < -0.39 is 5.97 Å². The van der Waals surface area contributed by atoms with Crippen LogP contribution >= 0.6 is 0 Å². The van der Waals surface area contributed by atoms with Crippen LogP contribution in [0.25, 0.3) is 0 Å². The molecule has 0 aliphatic carbocycles. The summed E-state index contributed by atoms with van der Waals surface area (Å²) < 4.78 is 5.11. The molecule has 0 aromatic carbocycles. The van der Waals surface area contributed by atoms with Crippen molar-refractivity contribution in [1.82, 2.24) is 10.3 Å². The molecule has 1 aliphatic heterocycles. The van der Waals surface area contributed by atoms with Gasteiger partial charge >= 0.3 is 5.97 Å². The molecule has 7 nitrogen and oxygen atoms in total. The molecule has 4 N–H and O–H groups in total. The number of hydrogen-bond acceptors (Lipinski definition) is 5. The average Bonchev–Trinajstić information content (AvgIpc) is 2.82. The van der Waals surface area contributed by atoms with E-state index in [1.165, 1.54) is 18.3 Å².